The Morgan fingerprint density at radius 1 is 1.79 bits per heavy atom. The molecular weight excluding hydrogens is 233 g/mol. The van der Waals surface area contributed by atoms with Gasteiger partial charge in [-0.25, -0.2) is 0 Å². The molecule has 72 valence electrons. The first-order valence-corrected chi connectivity index (χ1v) is 6.78. The van der Waals surface area contributed by atoms with E-state index in [0.717, 1.165) is 4.21 Å². The second kappa shape index (κ2) is 4.72. The Bertz CT molecular complexity index is 410. The molecule has 14 heavy (non-hydrogen) atoms. The minimum atomic E-state index is -0.184. The van der Waals surface area contributed by atoms with Gasteiger partial charge in [-0.1, -0.05) is 0 Å². The summed E-state index contributed by atoms with van der Waals surface area (Å²) in [6.45, 7) is 0. The summed E-state index contributed by atoms with van der Waals surface area (Å²) in [5, 5.41) is 8.84. The van der Waals surface area contributed by atoms with Crippen LogP contribution < -0.4 is 10.0 Å². The summed E-state index contributed by atoms with van der Waals surface area (Å²) in [5.74, 6) is -0.184. The number of carbonyl (C=O) groups is 1. The number of nitrogens with one attached hydrogen (secondary N) is 1. The van der Waals surface area contributed by atoms with Gasteiger partial charge in [0.1, 0.15) is 16.5 Å². The van der Waals surface area contributed by atoms with E-state index in [0.29, 0.717) is 32.6 Å². The van der Waals surface area contributed by atoms with Crippen LogP contribution in [-0.4, -0.2) is 28.7 Å². The van der Waals surface area contributed by atoms with Crippen LogP contribution in [0.5, 0.6) is 0 Å². The molecule has 1 heterocycles. The van der Waals surface area contributed by atoms with Crippen LogP contribution in [0.1, 0.15) is 15.2 Å². The summed E-state index contributed by atoms with van der Waals surface area (Å²) in [4.78, 5) is 11.8. The average Bonchev–Trinajstić information content (AvgIpc) is 2.53. The lowest BCUT2D eigenvalue weighted by Crippen LogP contribution is -2.19. The Balaban J connectivity index is 3.29. The molecule has 0 bridgehead atoms. The molecule has 0 aliphatic heterocycles. The molecule has 0 fully saturated rings. The number of nitrogens with two attached hydrogens (primary N) is 1. The number of carbonyl (C=O) groups excluding carboxylic acids is 1. The number of amides is 1. The van der Waals surface area contributed by atoms with Crippen molar-refractivity contribution >= 4 is 51.2 Å². The van der Waals surface area contributed by atoms with Crippen molar-refractivity contribution in [3.63, 3.8) is 0 Å². The monoisotopic (exact) mass is 241 g/mol. The van der Waals surface area contributed by atoms with Gasteiger partial charge in [-0.3, -0.25) is 4.79 Å². The summed E-state index contributed by atoms with van der Waals surface area (Å²) in [6, 6.07) is 2.01. The molecule has 1 rings (SSSR count). The van der Waals surface area contributed by atoms with Crippen LogP contribution in [0.2, 0.25) is 0 Å². The summed E-state index contributed by atoms with van der Waals surface area (Å²) in [7, 11) is 0. The van der Waals surface area contributed by atoms with Gasteiger partial charge in [0, 0.05) is 0 Å². The number of hydrogen-bond donors (Lipinski definition) is 2. The number of nitrogen functional groups attached to an aromatic ring is 1. The maximum absolute atomic E-state index is 11.4. The fourth-order valence-electron chi connectivity index (χ4n) is 0.954. The molecule has 0 saturated heterocycles. The number of thiophene rings is 1. The van der Waals surface area contributed by atoms with Gasteiger partial charge in [0.15, 0.2) is 0 Å². The number of thioether (sulfide) groups is 1. The van der Waals surface area contributed by atoms with Crippen molar-refractivity contribution < 1.29 is 4.79 Å². The van der Waals surface area contributed by atoms with Crippen molar-refractivity contribution in [2.24, 2.45) is 0 Å². The first-order chi connectivity index (χ1) is 6.65. The van der Waals surface area contributed by atoms with E-state index in [4.69, 9.17) is 11.0 Å². The molecule has 0 unspecified atom stereocenters. The van der Waals surface area contributed by atoms with Crippen LogP contribution in [0.25, 0.3) is 0 Å². The quantitative estimate of drug-likeness (QED) is 0.572. The van der Waals surface area contributed by atoms with Crippen LogP contribution in [0, 0.1) is 11.3 Å². The number of hydrogen-bond acceptors (Lipinski definition) is 5. The van der Waals surface area contributed by atoms with Crippen LogP contribution >= 0.6 is 23.1 Å². The Morgan fingerprint density at radius 3 is 2.79 bits per heavy atom. The minimum absolute atomic E-state index is 0.184. The molecule has 1 aromatic rings. The largest absolute Gasteiger partial charge is 0.448 e. The highest BCUT2D eigenvalue weighted by molar-refractivity contribution is 8.00. The van der Waals surface area contributed by atoms with Gasteiger partial charge < -0.3 is 10.0 Å². The van der Waals surface area contributed by atoms with Crippen LogP contribution in [0.4, 0.5) is 5.69 Å². The predicted octanol–water partition coefficient (Wildman–Crippen LogP) is 0.202. The lowest BCUT2D eigenvalue weighted by Gasteiger charge is -1.96. The highest BCUT2D eigenvalue weighted by atomic mass is 32.2. The molecule has 7 heteroatoms. The van der Waals surface area contributed by atoms with E-state index in [2.05, 4.69) is 4.30 Å². The molecule has 0 aliphatic carbocycles. The number of nitrogens with zero attached hydrogens (tertiary/aromatic N) is 1. The molecule has 4 nitrogen and oxygen atoms in total. The zero-order valence-electron chi connectivity index (χ0n) is 7.75. The third-order valence-corrected chi connectivity index (χ3v) is 4.42. The minimum Gasteiger partial charge on any atom is -0.448 e. The molecule has 3 N–H and O–H groups in total. The molecule has 0 atom stereocenters. The lowest BCUT2D eigenvalue weighted by atomic mass is 10.2. The van der Waals surface area contributed by atoms with Crippen LogP contribution in [0.3, 0.4) is 0 Å². The van der Waals surface area contributed by atoms with Gasteiger partial charge in [0.25, 0.3) is 0 Å². The Hall–Kier alpha value is -0.658. The van der Waals surface area contributed by atoms with Gasteiger partial charge in [-0.15, -0.1) is 23.1 Å². The molecule has 0 aliphatic rings. The SMILES string of the molecule is CSc1sc(C(=O)[NH][AlH2])c(N)c1C#N. The van der Waals surface area contributed by atoms with E-state index in [9.17, 15) is 4.79 Å². The van der Waals surface area contributed by atoms with E-state index in [-0.39, 0.29) is 5.91 Å². The molecule has 0 radical (unpaired) electrons. The first kappa shape index (κ1) is 11.4. The maximum atomic E-state index is 11.4. The predicted molar refractivity (Wildman–Crippen MR) is 61.2 cm³/mol. The van der Waals surface area contributed by atoms with E-state index in [1.54, 1.807) is 0 Å². The third kappa shape index (κ3) is 1.89. The van der Waals surface area contributed by atoms with E-state index >= 15 is 0 Å². The average molecular weight is 241 g/mol. The fraction of sp³-hybridized carbons (Fsp3) is 0.143. The standard InChI is InChI=1S/C7H7N3OS2.Al.2H/c1-12-7-3(2-8)4(9)5(13-7)6(10)11;;;/h1H3,(H4,9,10,11);;;/q;+1;;/p-1. The summed E-state index contributed by atoms with van der Waals surface area (Å²) in [5.41, 5.74) is 6.42. The van der Waals surface area contributed by atoms with Gasteiger partial charge in [-0.05, 0) is 6.26 Å². The normalized spacial score (nSPS) is 9.43. The second-order valence-electron chi connectivity index (χ2n) is 2.40. The van der Waals surface area contributed by atoms with Crippen LogP contribution in [-0.2, 0) is 0 Å². The second-order valence-corrected chi connectivity index (χ2v) is 5.00. The van der Waals surface area contributed by atoms with Crippen molar-refractivity contribution in [2.75, 3.05) is 12.0 Å². The summed E-state index contributed by atoms with van der Waals surface area (Å²) >= 11 is 3.28. The molecule has 1 amide bonds. The maximum Gasteiger partial charge on any atom is 0.364 e. The van der Waals surface area contributed by atoms with Gasteiger partial charge in [-0.2, -0.15) is 5.26 Å². The highest BCUT2D eigenvalue weighted by Crippen LogP contribution is 2.36. The Kier molecular flexibility index (Phi) is 3.85. The third-order valence-electron chi connectivity index (χ3n) is 1.64. The number of rotatable bonds is 2. The number of anilines is 1. The van der Waals surface area contributed by atoms with Crippen molar-refractivity contribution in [1.29, 1.82) is 5.26 Å². The number of nitriles is 1. The zero-order chi connectivity index (χ0) is 10.7. The summed E-state index contributed by atoms with van der Waals surface area (Å²) < 4.78 is 3.42. The molecule has 0 aromatic carbocycles. The fourth-order valence-corrected chi connectivity index (χ4v) is 3.18. The van der Waals surface area contributed by atoms with Crippen molar-refractivity contribution in [3.8, 4) is 6.07 Å². The lowest BCUT2D eigenvalue weighted by molar-refractivity contribution is 0.0986. The van der Waals surface area contributed by atoms with E-state index < -0.39 is 0 Å². The van der Waals surface area contributed by atoms with Crippen molar-refractivity contribution in [2.45, 2.75) is 4.21 Å². The molecule has 0 spiro atoms. The van der Waals surface area contributed by atoms with Crippen molar-refractivity contribution in [3.05, 3.63) is 10.4 Å². The Labute approximate surface area is 98.1 Å². The van der Waals surface area contributed by atoms with Crippen molar-refractivity contribution in [1.82, 2.24) is 4.30 Å². The van der Waals surface area contributed by atoms with E-state index in [1.807, 2.05) is 12.3 Å². The van der Waals surface area contributed by atoms with E-state index in [1.165, 1.54) is 23.1 Å². The topological polar surface area (TPSA) is 78.9 Å². The first-order valence-electron chi connectivity index (χ1n) is 3.74. The highest BCUT2D eigenvalue weighted by Gasteiger charge is 2.18. The summed E-state index contributed by atoms with van der Waals surface area (Å²) in [6.07, 6.45) is 1.86. The smallest absolute Gasteiger partial charge is 0.364 e. The van der Waals surface area contributed by atoms with Gasteiger partial charge in [0.05, 0.1) is 9.90 Å². The molecule has 0 saturated carbocycles. The molecular formula is C7H8AlN3OS2. The van der Waals surface area contributed by atoms with Gasteiger partial charge in [0.2, 0.25) is 5.91 Å². The molecule has 1 aromatic heterocycles. The van der Waals surface area contributed by atoms with Gasteiger partial charge >= 0.3 is 16.5 Å². The Morgan fingerprint density at radius 2 is 2.43 bits per heavy atom. The van der Waals surface area contributed by atoms with Crippen LogP contribution in [0.15, 0.2) is 4.21 Å². The zero-order valence-corrected chi connectivity index (χ0v) is 11.4.